The maximum Gasteiger partial charge on any atom is 0.303 e. The van der Waals surface area contributed by atoms with E-state index in [4.69, 9.17) is 10.8 Å². The van der Waals surface area contributed by atoms with E-state index in [9.17, 15) is 9.90 Å². The van der Waals surface area contributed by atoms with Gasteiger partial charge in [0.2, 0.25) is 0 Å². The Morgan fingerprint density at radius 1 is 0.690 bits per heavy atom. The number of nitrogens with two attached hydrogens (primary N) is 1. The molecule has 1 atom stereocenters. The number of hydrogen-bond acceptors (Lipinski definition) is 3. The largest absolute Gasteiger partial charge is 0.481 e. The standard InChI is InChI=1S/C16H32O2.C9H21NO/c1-2-3-4-5-6-7-8-9-10-11-12-13-14-15-16(17)18;1-5-8(4,11)9(10,6-2)7-3/h2-15H2,1H3,(H,17,18);11H,5-7,10H2,1-4H3. The van der Waals surface area contributed by atoms with Gasteiger partial charge in [0, 0.05) is 12.0 Å². The summed E-state index contributed by atoms with van der Waals surface area (Å²) in [4.78, 5) is 10.3. The molecule has 4 N–H and O–H groups in total. The molecule has 0 aromatic carbocycles. The van der Waals surface area contributed by atoms with Gasteiger partial charge in [-0.3, -0.25) is 4.79 Å². The third kappa shape index (κ3) is 16.8. The second-order valence-corrected chi connectivity index (χ2v) is 8.88. The number of carbonyl (C=O) groups is 1. The van der Waals surface area contributed by atoms with E-state index in [0.717, 1.165) is 25.7 Å². The normalized spacial score (nSPS) is 13.5. The summed E-state index contributed by atoms with van der Waals surface area (Å²) in [5.41, 5.74) is 4.89. The molecule has 0 heterocycles. The summed E-state index contributed by atoms with van der Waals surface area (Å²) in [5, 5.41) is 18.4. The van der Waals surface area contributed by atoms with Crippen molar-refractivity contribution in [2.45, 2.75) is 155 Å². The van der Waals surface area contributed by atoms with Crippen LogP contribution in [0.5, 0.6) is 0 Å². The molecule has 0 fully saturated rings. The summed E-state index contributed by atoms with van der Waals surface area (Å²) in [6, 6.07) is 0. The molecule has 0 aliphatic heterocycles. The SMILES string of the molecule is CCC(C)(O)C(N)(CC)CC.CCCCCCCCCCCCCCCC(=O)O. The van der Waals surface area contributed by atoms with Crippen molar-refractivity contribution < 1.29 is 15.0 Å². The highest BCUT2D eigenvalue weighted by Crippen LogP contribution is 2.28. The third-order valence-electron chi connectivity index (χ3n) is 6.52. The lowest BCUT2D eigenvalue weighted by atomic mass is 9.76. The van der Waals surface area contributed by atoms with Crippen LogP contribution in [0.25, 0.3) is 0 Å². The van der Waals surface area contributed by atoms with Crippen molar-refractivity contribution in [2.24, 2.45) is 5.73 Å². The van der Waals surface area contributed by atoms with Crippen LogP contribution in [-0.2, 0) is 4.79 Å². The Morgan fingerprint density at radius 3 is 1.28 bits per heavy atom. The van der Waals surface area contributed by atoms with Gasteiger partial charge in [-0.25, -0.2) is 0 Å². The number of aliphatic carboxylic acids is 1. The van der Waals surface area contributed by atoms with E-state index in [0.29, 0.717) is 12.8 Å². The fourth-order valence-electron chi connectivity index (χ4n) is 3.66. The lowest BCUT2D eigenvalue weighted by Gasteiger charge is -2.41. The highest BCUT2D eigenvalue weighted by Gasteiger charge is 2.39. The molecular weight excluding hydrogens is 362 g/mol. The molecule has 0 rings (SSSR count). The molecule has 29 heavy (non-hydrogen) atoms. The minimum atomic E-state index is -0.726. The Hall–Kier alpha value is -0.610. The fraction of sp³-hybridized carbons (Fsp3) is 0.960. The van der Waals surface area contributed by atoms with Crippen molar-refractivity contribution in [1.29, 1.82) is 0 Å². The molecule has 0 spiro atoms. The molecule has 0 aromatic rings. The number of hydrogen-bond donors (Lipinski definition) is 3. The van der Waals surface area contributed by atoms with E-state index in [2.05, 4.69) is 6.92 Å². The summed E-state index contributed by atoms with van der Waals surface area (Å²) in [5.74, 6) is -0.655. The highest BCUT2D eigenvalue weighted by molar-refractivity contribution is 5.66. The number of carboxylic acids is 1. The minimum Gasteiger partial charge on any atom is -0.481 e. The molecule has 1 unspecified atom stereocenters. The third-order valence-corrected chi connectivity index (χ3v) is 6.52. The van der Waals surface area contributed by atoms with E-state index in [1.54, 1.807) is 0 Å². The molecule has 4 nitrogen and oxygen atoms in total. The van der Waals surface area contributed by atoms with Crippen LogP contribution >= 0.6 is 0 Å². The molecule has 0 saturated heterocycles. The maximum absolute atomic E-state index is 10.3. The molecule has 0 bridgehead atoms. The number of carboxylic acid groups (broad SMARTS) is 1. The monoisotopic (exact) mass is 415 g/mol. The van der Waals surface area contributed by atoms with E-state index < -0.39 is 17.1 Å². The molecule has 0 saturated carbocycles. The van der Waals surface area contributed by atoms with Gasteiger partial charge in [-0.05, 0) is 32.6 Å². The van der Waals surface area contributed by atoms with Crippen molar-refractivity contribution in [3.63, 3.8) is 0 Å². The van der Waals surface area contributed by atoms with Crippen LogP contribution in [0.2, 0.25) is 0 Å². The van der Waals surface area contributed by atoms with E-state index in [-0.39, 0.29) is 0 Å². The van der Waals surface area contributed by atoms with E-state index >= 15 is 0 Å². The van der Waals surface area contributed by atoms with Crippen molar-refractivity contribution in [2.75, 3.05) is 0 Å². The molecule has 0 aliphatic rings. The Kier molecular flexibility index (Phi) is 20.4. The zero-order valence-corrected chi connectivity index (χ0v) is 20.4. The fourth-order valence-corrected chi connectivity index (χ4v) is 3.66. The van der Waals surface area contributed by atoms with Gasteiger partial charge in [-0.15, -0.1) is 0 Å². The smallest absolute Gasteiger partial charge is 0.303 e. The second-order valence-electron chi connectivity index (χ2n) is 8.88. The van der Waals surface area contributed by atoms with Gasteiger partial charge in [0.05, 0.1) is 5.60 Å². The molecule has 0 amide bonds. The predicted molar refractivity (Wildman–Crippen MR) is 126 cm³/mol. The zero-order chi connectivity index (χ0) is 22.6. The Balaban J connectivity index is 0. The summed E-state index contributed by atoms with van der Waals surface area (Å²) >= 11 is 0. The summed E-state index contributed by atoms with van der Waals surface area (Å²) in [6.45, 7) is 10.1. The van der Waals surface area contributed by atoms with Gasteiger partial charge in [-0.2, -0.15) is 0 Å². The van der Waals surface area contributed by atoms with Crippen LogP contribution in [-0.4, -0.2) is 27.3 Å². The van der Waals surface area contributed by atoms with Crippen molar-refractivity contribution in [3.8, 4) is 0 Å². The second kappa shape index (κ2) is 19.4. The highest BCUT2D eigenvalue weighted by atomic mass is 16.4. The van der Waals surface area contributed by atoms with Gasteiger partial charge in [0.25, 0.3) is 0 Å². The van der Waals surface area contributed by atoms with Gasteiger partial charge >= 0.3 is 5.97 Å². The Bertz CT molecular complexity index is 365. The number of aliphatic hydroxyl groups is 1. The topological polar surface area (TPSA) is 83.5 Å². The van der Waals surface area contributed by atoms with Crippen LogP contribution in [0.15, 0.2) is 0 Å². The lowest BCUT2D eigenvalue weighted by Crippen LogP contribution is -2.57. The van der Waals surface area contributed by atoms with Crippen LogP contribution in [0.1, 0.15) is 144 Å². The first kappa shape index (κ1) is 30.6. The van der Waals surface area contributed by atoms with Gasteiger partial charge in [-0.1, -0.05) is 105 Å². The van der Waals surface area contributed by atoms with Crippen LogP contribution in [0.3, 0.4) is 0 Å². The summed E-state index contributed by atoms with van der Waals surface area (Å²) < 4.78 is 0. The van der Waals surface area contributed by atoms with Crippen molar-refractivity contribution >= 4 is 5.97 Å². The lowest BCUT2D eigenvalue weighted by molar-refractivity contribution is -0.137. The van der Waals surface area contributed by atoms with Crippen LogP contribution < -0.4 is 5.73 Å². The molecule has 0 aliphatic carbocycles. The summed E-state index contributed by atoms with van der Waals surface area (Å²) in [7, 11) is 0. The van der Waals surface area contributed by atoms with Gasteiger partial charge in [0.1, 0.15) is 0 Å². The van der Waals surface area contributed by atoms with Crippen molar-refractivity contribution in [1.82, 2.24) is 0 Å². The quantitative estimate of drug-likeness (QED) is 0.206. The van der Waals surface area contributed by atoms with E-state index in [1.807, 2.05) is 27.7 Å². The first-order valence-electron chi connectivity index (χ1n) is 12.4. The average Bonchev–Trinajstić information content (AvgIpc) is 2.70. The summed E-state index contributed by atoms with van der Waals surface area (Å²) in [6.07, 6.45) is 19.6. The van der Waals surface area contributed by atoms with Crippen LogP contribution in [0, 0.1) is 0 Å². The number of rotatable bonds is 18. The van der Waals surface area contributed by atoms with E-state index in [1.165, 1.54) is 70.6 Å². The molecule has 4 heteroatoms. The zero-order valence-electron chi connectivity index (χ0n) is 20.4. The number of unbranched alkanes of at least 4 members (excludes halogenated alkanes) is 12. The van der Waals surface area contributed by atoms with Crippen molar-refractivity contribution in [3.05, 3.63) is 0 Å². The first-order chi connectivity index (χ1) is 13.7. The Labute approximate surface area is 182 Å². The molecular formula is C25H53NO3. The minimum absolute atomic E-state index is 0.345. The molecule has 0 radical (unpaired) electrons. The van der Waals surface area contributed by atoms with Gasteiger partial charge < -0.3 is 15.9 Å². The first-order valence-corrected chi connectivity index (χ1v) is 12.4. The van der Waals surface area contributed by atoms with Gasteiger partial charge in [0.15, 0.2) is 0 Å². The average molecular weight is 416 g/mol. The molecule has 0 aromatic heterocycles. The Morgan fingerprint density at radius 2 is 1.03 bits per heavy atom. The van der Waals surface area contributed by atoms with Crippen LogP contribution in [0.4, 0.5) is 0 Å². The molecule has 176 valence electrons. The maximum atomic E-state index is 10.3. The predicted octanol–water partition coefficient (Wildman–Crippen LogP) is 7.22.